The molecular formula is C16H20ClN3O4S. The minimum Gasteiger partial charge on any atom is -0.464 e. The second-order valence-corrected chi connectivity index (χ2v) is 7.64. The van der Waals surface area contributed by atoms with Crippen molar-refractivity contribution in [2.24, 2.45) is 0 Å². The van der Waals surface area contributed by atoms with Crippen LogP contribution >= 0.6 is 12.4 Å². The minimum atomic E-state index is -3.68. The van der Waals surface area contributed by atoms with Crippen LogP contribution in [0.2, 0.25) is 0 Å². The molecule has 7 nitrogen and oxygen atoms in total. The summed E-state index contributed by atoms with van der Waals surface area (Å²) in [7, 11) is -0.825. The number of hydrogen-bond donors (Lipinski definition) is 1. The van der Waals surface area contributed by atoms with E-state index in [4.69, 9.17) is 4.74 Å². The summed E-state index contributed by atoms with van der Waals surface area (Å²) in [5.74, 6) is -0.594. The lowest BCUT2D eigenvalue weighted by Crippen LogP contribution is -2.38. The Morgan fingerprint density at radius 2 is 2.08 bits per heavy atom. The van der Waals surface area contributed by atoms with Crippen LogP contribution in [0.3, 0.4) is 0 Å². The van der Waals surface area contributed by atoms with E-state index in [1.807, 2.05) is 0 Å². The number of sulfonamides is 1. The third-order valence-electron chi connectivity index (χ3n) is 4.35. The number of nitrogens with zero attached hydrogens (tertiary/aromatic N) is 2. The van der Waals surface area contributed by atoms with Gasteiger partial charge in [0, 0.05) is 36.6 Å². The molecule has 0 saturated carbocycles. The smallest absolute Gasteiger partial charge is 0.357 e. The van der Waals surface area contributed by atoms with E-state index >= 15 is 0 Å². The Labute approximate surface area is 152 Å². The Balaban J connectivity index is 0.00000225. The highest BCUT2D eigenvalue weighted by Crippen LogP contribution is 2.28. The highest BCUT2D eigenvalue weighted by molar-refractivity contribution is 7.89. The molecule has 2 aromatic rings. The number of aromatic nitrogens is 1. The first-order valence-electron chi connectivity index (χ1n) is 7.61. The molecule has 1 fully saturated rings. The van der Waals surface area contributed by atoms with Gasteiger partial charge in [0.2, 0.25) is 10.0 Å². The number of benzene rings is 1. The second-order valence-electron chi connectivity index (χ2n) is 5.67. The van der Waals surface area contributed by atoms with Gasteiger partial charge >= 0.3 is 5.97 Å². The molecule has 1 aromatic carbocycles. The SMILES string of the molecule is COC(=O)c1nccc2c(S(=O)(=O)N(C)C3CCNC3)cccc12.Cl. The summed E-state index contributed by atoms with van der Waals surface area (Å²) in [5, 5.41) is 4.09. The molecule has 25 heavy (non-hydrogen) atoms. The van der Waals surface area contributed by atoms with Gasteiger partial charge in [-0.15, -0.1) is 12.4 Å². The van der Waals surface area contributed by atoms with Crippen LogP contribution in [0, 0.1) is 0 Å². The van der Waals surface area contributed by atoms with Gasteiger partial charge in [-0.2, -0.15) is 4.31 Å². The van der Waals surface area contributed by atoms with Gasteiger partial charge in [0.25, 0.3) is 0 Å². The van der Waals surface area contributed by atoms with Gasteiger partial charge in [-0.25, -0.2) is 18.2 Å². The topological polar surface area (TPSA) is 88.6 Å². The first-order valence-corrected chi connectivity index (χ1v) is 9.05. The quantitative estimate of drug-likeness (QED) is 0.801. The number of fused-ring (bicyclic) bond motifs is 1. The van der Waals surface area contributed by atoms with Crippen LogP contribution in [0.25, 0.3) is 10.8 Å². The van der Waals surface area contributed by atoms with Crippen molar-refractivity contribution in [3.8, 4) is 0 Å². The summed E-state index contributed by atoms with van der Waals surface area (Å²) in [5.41, 5.74) is 0.109. The third-order valence-corrected chi connectivity index (χ3v) is 6.32. The lowest BCUT2D eigenvalue weighted by atomic mass is 10.1. The van der Waals surface area contributed by atoms with E-state index in [9.17, 15) is 13.2 Å². The van der Waals surface area contributed by atoms with Crippen LogP contribution in [0.5, 0.6) is 0 Å². The van der Waals surface area contributed by atoms with Crippen LogP contribution < -0.4 is 5.32 Å². The maximum atomic E-state index is 13.0. The van der Waals surface area contributed by atoms with Crippen molar-refractivity contribution in [1.29, 1.82) is 0 Å². The lowest BCUT2D eigenvalue weighted by Gasteiger charge is -2.24. The molecule has 1 unspecified atom stereocenters. The zero-order valence-electron chi connectivity index (χ0n) is 13.9. The van der Waals surface area contributed by atoms with E-state index in [1.54, 1.807) is 31.3 Å². The molecule has 0 radical (unpaired) electrons. The Bertz CT molecular complexity index is 882. The number of nitrogens with one attached hydrogen (secondary N) is 1. The Hall–Kier alpha value is -1.74. The van der Waals surface area contributed by atoms with Crippen LogP contribution in [0.4, 0.5) is 0 Å². The normalized spacial score (nSPS) is 17.5. The summed E-state index contributed by atoms with van der Waals surface area (Å²) in [6, 6.07) is 6.37. The van der Waals surface area contributed by atoms with Gasteiger partial charge in [-0.3, -0.25) is 0 Å². The number of rotatable bonds is 4. The summed E-state index contributed by atoms with van der Waals surface area (Å²) in [4.78, 5) is 16.1. The van der Waals surface area contributed by atoms with Gasteiger partial charge in [-0.05, 0) is 25.1 Å². The summed E-state index contributed by atoms with van der Waals surface area (Å²) in [6.45, 7) is 1.44. The monoisotopic (exact) mass is 385 g/mol. The fraction of sp³-hybridized carbons (Fsp3) is 0.375. The maximum Gasteiger partial charge on any atom is 0.357 e. The molecule has 0 spiro atoms. The molecule has 1 aliphatic rings. The zero-order chi connectivity index (χ0) is 17.3. The van der Waals surface area contributed by atoms with Crippen LogP contribution in [0.1, 0.15) is 16.9 Å². The van der Waals surface area contributed by atoms with E-state index in [1.165, 1.54) is 17.6 Å². The van der Waals surface area contributed by atoms with Gasteiger partial charge < -0.3 is 10.1 Å². The molecule has 0 bridgehead atoms. The molecule has 1 saturated heterocycles. The average Bonchev–Trinajstić information content (AvgIpc) is 3.13. The number of methoxy groups -OCH3 is 1. The first-order chi connectivity index (χ1) is 11.5. The van der Waals surface area contributed by atoms with E-state index in [0.29, 0.717) is 17.3 Å². The summed E-state index contributed by atoms with van der Waals surface area (Å²) < 4.78 is 32.2. The predicted octanol–water partition coefficient (Wildman–Crippen LogP) is 1.43. The maximum absolute atomic E-state index is 13.0. The molecule has 2 heterocycles. The van der Waals surface area contributed by atoms with Crippen LogP contribution in [-0.2, 0) is 14.8 Å². The molecule has 3 rings (SSSR count). The van der Waals surface area contributed by atoms with Crippen molar-refractivity contribution in [1.82, 2.24) is 14.6 Å². The van der Waals surface area contributed by atoms with Crippen LogP contribution in [0.15, 0.2) is 35.4 Å². The number of carbonyl (C=O) groups is 1. The first kappa shape index (κ1) is 19.6. The van der Waals surface area contributed by atoms with Gasteiger partial charge in [-0.1, -0.05) is 12.1 Å². The molecular weight excluding hydrogens is 366 g/mol. The molecule has 1 atom stereocenters. The second kappa shape index (κ2) is 7.65. The highest BCUT2D eigenvalue weighted by atomic mass is 35.5. The minimum absolute atomic E-state index is 0. The van der Waals surface area contributed by atoms with E-state index in [2.05, 4.69) is 10.3 Å². The van der Waals surface area contributed by atoms with Gasteiger partial charge in [0.1, 0.15) is 0 Å². The van der Waals surface area contributed by atoms with Crippen molar-refractivity contribution in [2.45, 2.75) is 17.4 Å². The van der Waals surface area contributed by atoms with Gasteiger partial charge in [0.05, 0.1) is 12.0 Å². The Morgan fingerprint density at radius 1 is 1.32 bits per heavy atom. The number of likely N-dealkylation sites (N-methyl/N-ethyl adjacent to an activating group) is 1. The van der Waals surface area contributed by atoms with E-state index in [0.717, 1.165) is 13.0 Å². The largest absolute Gasteiger partial charge is 0.464 e. The number of esters is 1. The molecule has 9 heteroatoms. The van der Waals surface area contributed by atoms with Crippen LogP contribution in [-0.4, -0.2) is 57.0 Å². The Morgan fingerprint density at radius 3 is 2.72 bits per heavy atom. The third kappa shape index (κ3) is 3.48. The molecule has 0 aliphatic carbocycles. The fourth-order valence-electron chi connectivity index (χ4n) is 2.96. The Kier molecular flexibility index (Phi) is 5.99. The molecule has 0 amide bonds. The number of ether oxygens (including phenoxy) is 1. The van der Waals surface area contributed by atoms with Crippen molar-refractivity contribution in [3.63, 3.8) is 0 Å². The van der Waals surface area contributed by atoms with E-state index in [-0.39, 0.29) is 29.0 Å². The average molecular weight is 386 g/mol. The highest BCUT2D eigenvalue weighted by Gasteiger charge is 2.31. The van der Waals surface area contributed by atoms with Gasteiger partial charge in [0.15, 0.2) is 5.69 Å². The fourth-order valence-corrected chi connectivity index (χ4v) is 4.55. The lowest BCUT2D eigenvalue weighted by molar-refractivity contribution is 0.0596. The molecule has 1 N–H and O–H groups in total. The summed E-state index contributed by atoms with van der Waals surface area (Å²) in [6.07, 6.45) is 2.19. The predicted molar refractivity (Wildman–Crippen MR) is 96.6 cm³/mol. The molecule has 1 aromatic heterocycles. The van der Waals surface area contributed by atoms with Crippen molar-refractivity contribution >= 4 is 39.2 Å². The molecule has 136 valence electrons. The number of hydrogen-bond acceptors (Lipinski definition) is 6. The zero-order valence-corrected chi connectivity index (χ0v) is 15.6. The van der Waals surface area contributed by atoms with Crippen molar-refractivity contribution < 1.29 is 17.9 Å². The molecule has 1 aliphatic heterocycles. The number of pyridine rings is 1. The van der Waals surface area contributed by atoms with Crippen molar-refractivity contribution in [2.75, 3.05) is 27.2 Å². The van der Waals surface area contributed by atoms with Crippen molar-refractivity contribution in [3.05, 3.63) is 36.2 Å². The standard InChI is InChI=1S/C16H19N3O4S.ClH/c1-19(11-6-8-17-10-11)24(21,22)14-5-3-4-13-12(14)7-9-18-15(13)16(20)23-2;/h3-5,7,9,11,17H,6,8,10H2,1-2H3;1H. The number of carbonyl (C=O) groups excluding carboxylic acids is 1. The summed E-state index contributed by atoms with van der Waals surface area (Å²) >= 11 is 0. The number of halogens is 1. The van der Waals surface area contributed by atoms with E-state index < -0.39 is 16.0 Å².